The lowest BCUT2D eigenvalue weighted by Crippen LogP contribution is -2.28. The van der Waals surface area contributed by atoms with Crippen LogP contribution < -0.4 is 5.32 Å². The van der Waals surface area contributed by atoms with Crippen molar-refractivity contribution in [2.75, 3.05) is 26.7 Å². The van der Waals surface area contributed by atoms with Gasteiger partial charge in [-0.3, -0.25) is 4.90 Å². The predicted molar refractivity (Wildman–Crippen MR) is 78.1 cm³/mol. The zero-order valence-electron chi connectivity index (χ0n) is 11.3. The summed E-state index contributed by atoms with van der Waals surface area (Å²) in [4.78, 5) is 2.46. The Labute approximate surface area is 115 Å². The number of benzene rings is 1. The van der Waals surface area contributed by atoms with Crippen LogP contribution in [0.5, 0.6) is 0 Å². The maximum absolute atomic E-state index is 5.97. The van der Waals surface area contributed by atoms with Gasteiger partial charge in [0.1, 0.15) is 0 Å². The van der Waals surface area contributed by atoms with Crippen molar-refractivity contribution >= 4 is 11.6 Å². The highest BCUT2D eigenvalue weighted by atomic mass is 35.5. The fourth-order valence-electron chi connectivity index (χ4n) is 2.89. The average Bonchev–Trinajstić information content (AvgIpc) is 2.72. The Hall–Kier alpha value is -0.570. The molecule has 1 aliphatic rings. The summed E-state index contributed by atoms with van der Waals surface area (Å²) in [5.74, 6) is 0.711. The number of hydrogen-bond donors (Lipinski definition) is 1. The highest BCUT2D eigenvalue weighted by molar-refractivity contribution is 6.30. The molecule has 1 aromatic rings. The molecule has 0 saturated carbocycles. The van der Waals surface area contributed by atoms with Gasteiger partial charge in [0, 0.05) is 11.1 Å². The minimum Gasteiger partial charge on any atom is -0.316 e. The normalized spacial score (nSPS) is 24.6. The minimum atomic E-state index is 0.534. The summed E-state index contributed by atoms with van der Waals surface area (Å²) < 4.78 is 0. The molecular formula is C15H23ClN2. The largest absolute Gasteiger partial charge is 0.316 e. The highest BCUT2D eigenvalue weighted by Gasteiger charge is 2.32. The average molecular weight is 267 g/mol. The Balaban J connectivity index is 2.04. The highest BCUT2D eigenvalue weighted by Crippen LogP contribution is 2.35. The van der Waals surface area contributed by atoms with E-state index in [2.05, 4.69) is 36.3 Å². The molecule has 0 aromatic heterocycles. The van der Waals surface area contributed by atoms with Crippen LogP contribution in [0.4, 0.5) is 0 Å². The minimum absolute atomic E-state index is 0.534. The first-order valence-corrected chi connectivity index (χ1v) is 7.26. The second kappa shape index (κ2) is 6.55. The van der Waals surface area contributed by atoms with Crippen molar-refractivity contribution in [1.29, 1.82) is 0 Å². The summed E-state index contributed by atoms with van der Waals surface area (Å²) >= 11 is 5.97. The van der Waals surface area contributed by atoms with Gasteiger partial charge >= 0.3 is 0 Å². The lowest BCUT2D eigenvalue weighted by atomic mass is 9.93. The van der Waals surface area contributed by atoms with Gasteiger partial charge in [0.05, 0.1) is 0 Å². The molecule has 1 aromatic carbocycles. The number of nitrogens with one attached hydrogen (secondary N) is 1. The Morgan fingerprint density at radius 2 is 2.06 bits per heavy atom. The van der Waals surface area contributed by atoms with Gasteiger partial charge in [-0.05, 0) is 63.1 Å². The van der Waals surface area contributed by atoms with Gasteiger partial charge in [-0.15, -0.1) is 0 Å². The summed E-state index contributed by atoms with van der Waals surface area (Å²) in [6, 6.07) is 8.87. The summed E-state index contributed by atoms with van der Waals surface area (Å²) in [7, 11) is 2.22. The molecule has 1 heterocycles. The van der Waals surface area contributed by atoms with E-state index in [1.165, 1.54) is 24.9 Å². The zero-order valence-corrected chi connectivity index (χ0v) is 12.1. The summed E-state index contributed by atoms with van der Waals surface area (Å²) in [6.45, 7) is 5.63. The first-order chi connectivity index (χ1) is 8.72. The van der Waals surface area contributed by atoms with E-state index in [1.54, 1.807) is 0 Å². The van der Waals surface area contributed by atoms with E-state index in [0.717, 1.165) is 18.1 Å². The van der Waals surface area contributed by atoms with Gasteiger partial charge in [0.2, 0.25) is 0 Å². The maximum atomic E-state index is 5.97. The van der Waals surface area contributed by atoms with Crippen LogP contribution in [-0.4, -0.2) is 31.6 Å². The molecule has 100 valence electrons. The van der Waals surface area contributed by atoms with Crippen molar-refractivity contribution in [2.24, 2.45) is 5.92 Å². The number of nitrogens with zero attached hydrogens (tertiary/aromatic N) is 1. The molecule has 0 spiro atoms. The molecule has 2 nitrogen and oxygen atoms in total. The van der Waals surface area contributed by atoms with Crippen LogP contribution in [0.15, 0.2) is 24.3 Å². The Kier molecular flexibility index (Phi) is 5.04. The molecule has 3 heteroatoms. The van der Waals surface area contributed by atoms with Gasteiger partial charge in [0.15, 0.2) is 0 Å². The topological polar surface area (TPSA) is 15.3 Å². The molecule has 1 N–H and O–H groups in total. The molecule has 2 unspecified atom stereocenters. The van der Waals surface area contributed by atoms with E-state index in [4.69, 9.17) is 11.6 Å². The third-order valence-electron chi connectivity index (χ3n) is 3.82. The van der Waals surface area contributed by atoms with Gasteiger partial charge < -0.3 is 5.32 Å². The molecule has 0 radical (unpaired) electrons. The summed E-state index contributed by atoms with van der Waals surface area (Å²) in [5.41, 5.74) is 1.39. The van der Waals surface area contributed by atoms with Crippen LogP contribution in [0.1, 0.15) is 31.4 Å². The second-order valence-corrected chi connectivity index (χ2v) is 5.67. The van der Waals surface area contributed by atoms with Gasteiger partial charge in [-0.25, -0.2) is 0 Å². The number of halogens is 1. The van der Waals surface area contributed by atoms with E-state index in [9.17, 15) is 0 Å². The van der Waals surface area contributed by atoms with Crippen molar-refractivity contribution in [2.45, 2.75) is 25.8 Å². The molecule has 0 amide bonds. The number of rotatable bonds is 5. The molecule has 1 fully saturated rings. The number of hydrogen-bond acceptors (Lipinski definition) is 2. The predicted octanol–water partition coefficient (Wildman–Crippen LogP) is 3.33. The molecule has 2 rings (SSSR count). The Morgan fingerprint density at radius 1 is 1.33 bits per heavy atom. The van der Waals surface area contributed by atoms with Gasteiger partial charge in [-0.2, -0.15) is 0 Å². The number of likely N-dealkylation sites (tertiary alicyclic amines) is 1. The SMILES string of the molecule is CCCNCC1CCN(C)C1c1ccc(Cl)cc1. The molecule has 2 atom stereocenters. The van der Waals surface area contributed by atoms with Crippen LogP contribution in [0, 0.1) is 5.92 Å². The van der Waals surface area contributed by atoms with Crippen molar-refractivity contribution in [3.8, 4) is 0 Å². The van der Waals surface area contributed by atoms with E-state index >= 15 is 0 Å². The van der Waals surface area contributed by atoms with Crippen molar-refractivity contribution in [3.63, 3.8) is 0 Å². The van der Waals surface area contributed by atoms with E-state index in [-0.39, 0.29) is 0 Å². The van der Waals surface area contributed by atoms with Crippen LogP contribution in [0.2, 0.25) is 5.02 Å². The molecule has 18 heavy (non-hydrogen) atoms. The lowest BCUT2D eigenvalue weighted by molar-refractivity contribution is 0.272. The summed E-state index contributed by atoms with van der Waals surface area (Å²) in [5, 5.41) is 4.38. The smallest absolute Gasteiger partial charge is 0.0406 e. The zero-order chi connectivity index (χ0) is 13.0. The van der Waals surface area contributed by atoms with Crippen molar-refractivity contribution < 1.29 is 0 Å². The standard InChI is InChI=1S/C15H23ClN2/c1-3-9-17-11-13-8-10-18(2)15(13)12-4-6-14(16)7-5-12/h4-7,13,15,17H,3,8-11H2,1-2H3. The van der Waals surface area contributed by atoms with Crippen LogP contribution in [0.25, 0.3) is 0 Å². The van der Waals surface area contributed by atoms with Crippen molar-refractivity contribution in [1.82, 2.24) is 10.2 Å². The Morgan fingerprint density at radius 3 is 2.72 bits per heavy atom. The van der Waals surface area contributed by atoms with Gasteiger partial charge in [-0.1, -0.05) is 30.7 Å². The quantitative estimate of drug-likeness (QED) is 0.823. The molecule has 0 aliphatic carbocycles. The van der Waals surface area contributed by atoms with E-state index < -0.39 is 0 Å². The monoisotopic (exact) mass is 266 g/mol. The van der Waals surface area contributed by atoms with Crippen LogP contribution >= 0.6 is 11.6 Å². The molecule has 1 aliphatic heterocycles. The third kappa shape index (κ3) is 3.25. The third-order valence-corrected chi connectivity index (χ3v) is 4.07. The lowest BCUT2D eigenvalue weighted by Gasteiger charge is -2.26. The van der Waals surface area contributed by atoms with Crippen LogP contribution in [0.3, 0.4) is 0 Å². The fourth-order valence-corrected chi connectivity index (χ4v) is 3.02. The molecular weight excluding hydrogens is 244 g/mol. The first kappa shape index (κ1) is 13.9. The van der Waals surface area contributed by atoms with E-state index in [0.29, 0.717) is 12.0 Å². The first-order valence-electron chi connectivity index (χ1n) is 6.88. The van der Waals surface area contributed by atoms with Crippen molar-refractivity contribution in [3.05, 3.63) is 34.9 Å². The second-order valence-electron chi connectivity index (χ2n) is 5.23. The molecule has 1 saturated heterocycles. The van der Waals surface area contributed by atoms with Gasteiger partial charge in [0.25, 0.3) is 0 Å². The van der Waals surface area contributed by atoms with Crippen LogP contribution in [-0.2, 0) is 0 Å². The molecule has 0 bridgehead atoms. The fraction of sp³-hybridized carbons (Fsp3) is 0.600. The maximum Gasteiger partial charge on any atom is 0.0406 e. The Bertz CT molecular complexity index is 363. The summed E-state index contributed by atoms with van der Waals surface area (Å²) in [6.07, 6.45) is 2.48. The van der Waals surface area contributed by atoms with E-state index in [1.807, 2.05) is 12.1 Å².